The number of esters is 1. The molecule has 1 aromatic heterocycles. The normalized spacial score (nSPS) is 36.1. The van der Waals surface area contributed by atoms with Crippen LogP contribution in [0.3, 0.4) is 0 Å². The number of nitriles is 1. The van der Waals surface area contributed by atoms with E-state index in [1.54, 1.807) is 71.9 Å². The van der Waals surface area contributed by atoms with Gasteiger partial charge in [-0.2, -0.15) is 5.26 Å². The van der Waals surface area contributed by atoms with Gasteiger partial charge in [0.05, 0.1) is 35.5 Å². The fourth-order valence-corrected chi connectivity index (χ4v) is 8.64. The summed E-state index contributed by atoms with van der Waals surface area (Å²) in [6.45, 7) is 13.3. The van der Waals surface area contributed by atoms with E-state index in [1.165, 1.54) is 6.92 Å². The summed E-state index contributed by atoms with van der Waals surface area (Å²) in [5.41, 5.74) is -1.12. The molecule has 15 nitrogen and oxygen atoms in total. The zero-order chi connectivity index (χ0) is 42.7. The molecule has 1 amide bonds. The van der Waals surface area contributed by atoms with Crippen molar-refractivity contribution < 1.29 is 52.5 Å². The molecule has 13 atom stereocenters. The van der Waals surface area contributed by atoms with E-state index in [0.717, 1.165) is 5.56 Å². The largest absolute Gasteiger partial charge is 0.458 e. The number of amides is 1. The molecule has 0 unspecified atom stereocenters. The average molecular weight is 805 g/mol. The van der Waals surface area contributed by atoms with Gasteiger partial charge >= 0.3 is 12.1 Å². The van der Waals surface area contributed by atoms with Crippen LogP contribution in [0.4, 0.5) is 4.79 Å². The second-order valence-corrected chi connectivity index (χ2v) is 16.5. The van der Waals surface area contributed by atoms with Crippen molar-refractivity contribution in [2.75, 3.05) is 20.7 Å². The van der Waals surface area contributed by atoms with Crippen LogP contribution in [0.1, 0.15) is 86.0 Å². The number of likely N-dealkylation sites (N-methyl/N-ethyl adjacent to an activating group) is 1. The number of rotatable bonds is 7. The maximum atomic E-state index is 14.4. The van der Waals surface area contributed by atoms with E-state index >= 15 is 0 Å². The number of Topliss-reactive ketones (excluding diaryl/α,β-unsaturated/α-hetero) is 2. The predicted octanol–water partition coefficient (Wildman–Crippen LogP) is 4.43. The quantitative estimate of drug-likeness (QED) is 0.226. The van der Waals surface area contributed by atoms with E-state index in [-0.39, 0.29) is 43.1 Å². The number of alkyl carbamates (subject to hydrolysis) is 1. The summed E-state index contributed by atoms with van der Waals surface area (Å²) in [4.78, 5) is 57.3. The molecule has 314 valence electrons. The van der Waals surface area contributed by atoms with Crippen LogP contribution in [0.2, 0.25) is 0 Å². The van der Waals surface area contributed by atoms with Crippen LogP contribution in [-0.2, 0) is 38.1 Å². The van der Waals surface area contributed by atoms with Gasteiger partial charge in [0.25, 0.3) is 0 Å². The molecule has 0 radical (unpaired) electrons. The second-order valence-electron chi connectivity index (χ2n) is 16.5. The SMILES string of the molecule is CC[C@H]1OC(=O)[C@H](C)C(=O)[C@H](C)[C@@H](O[C@@H]2O[C@H](C)C[C@H](N(C)C)[C@H]2O)[C@@](C)(OCC#Cc2cc(-c3ccc(C#N)cc3)no2)C[C@@H](C)C(=O)[C@H](C)[C@H]2NC(=O)O[C@@]21C. The number of hydrogen-bond donors (Lipinski definition) is 2. The van der Waals surface area contributed by atoms with E-state index in [9.17, 15) is 24.3 Å². The van der Waals surface area contributed by atoms with Crippen molar-refractivity contribution in [2.45, 2.75) is 129 Å². The first kappa shape index (κ1) is 44.5. The fourth-order valence-electron chi connectivity index (χ4n) is 8.64. The second kappa shape index (κ2) is 18.1. The van der Waals surface area contributed by atoms with E-state index < -0.39 is 83.4 Å². The molecule has 4 heterocycles. The molecule has 2 N–H and O–H groups in total. The van der Waals surface area contributed by atoms with Gasteiger partial charge in [-0.25, -0.2) is 4.79 Å². The maximum absolute atomic E-state index is 14.4. The van der Waals surface area contributed by atoms with Gasteiger partial charge in [-0.05, 0) is 79.1 Å². The summed E-state index contributed by atoms with van der Waals surface area (Å²) in [6, 6.07) is 9.38. The Labute approximate surface area is 340 Å². The highest BCUT2D eigenvalue weighted by molar-refractivity contribution is 6.00. The average Bonchev–Trinajstić information content (AvgIpc) is 3.80. The number of aromatic nitrogens is 1. The Hall–Kier alpha value is -4.64. The van der Waals surface area contributed by atoms with Gasteiger partial charge in [0, 0.05) is 35.4 Å². The van der Waals surface area contributed by atoms with Crippen molar-refractivity contribution >= 4 is 23.6 Å². The molecule has 3 saturated heterocycles. The lowest BCUT2D eigenvalue weighted by Gasteiger charge is -2.47. The fraction of sp³-hybridized carbons (Fsp3) is 0.628. The highest BCUT2D eigenvalue weighted by atomic mass is 16.7. The van der Waals surface area contributed by atoms with Crippen LogP contribution >= 0.6 is 0 Å². The van der Waals surface area contributed by atoms with Gasteiger partial charge in [-0.15, -0.1) is 0 Å². The first-order valence-electron chi connectivity index (χ1n) is 19.9. The van der Waals surface area contributed by atoms with Gasteiger partial charge < -0.3 is 43.5 Å². The first-order valence-corrected chi connectivity index (χ1v) is 19.9. The molecule has 3 fully saturated rings. The van der Waals surface area contributed by atoms with E-state index in [1.807, 2.05) is 25.9 Å². The number of nitrogens with one attached hydrogen (secondary N) is 1. The number of benzene rings is 1. The summed E-state index contributed by atoms with van der Waals surface area (Å²) in [7, 11) is 3.69. The Kier molecular flexibility index (Phi) is 13.9. The lowest BCUT2D eigenvalue weighted by Crippen LogP contribution is -2.60. The first-order chi connectivity index (χ1) is 27.3. The predicted molar refractivity (Wildman–Crippen MR) is 208 cm³/mol. The van der Waals surface area contributed by atoms with Crippen LogP contribution in [0.15, 0.2) is 34.9 Å². The molecule has 3 aliphatic rings. The van der Waals surface area contributed by atoms with Crippen LogP contribution < -0.4 is 5.32 Å². The van der Waals surface area contributed by atoms with Crippen LogP contribution in [0.25, 0.3) is 11.3 Å². The number of fused-ring (bicyclic) bond motifs is 1. The zero-order valence-corrected chi connectivity index (χ0v) is 34.9. The van der Waals surface area contributed by atoms with E-state index in [0.29, 0.717) is 17.7 Å². The minimum atomic E-state index is -1.47. The lowest BCUT2D eigenvalue weighted by atomic mass is 9.73. The molecule has 0 saturated carbocycles. The van der Waals surface area contributed by atoms with E-state index in [2.05, 4.69) is 28.4 Å². The number of cyclic esters (lactones) is 1. The highest BCUT2D eigenvalue weighted by Crippen LogP contribution is 2.40. The molecule has 15 heteroatoms. The number of carbonyl (C=O) groups excluding carboxylic acids is 4. The third kappa shape index (κ3) is 9.30. The highest BCUT2D eigenvalue weighted by Gasteiger charge is 2.57. The Morgan fingerprint density at radius 1 is 1.03 bits per heavy atom. The molecular formula is C43H56N4O11. The van der Waals surface area contributed by atoms with Crippen molar-refractivity contribution in [3.05, 3.63) is 41.7 Å². The monoisotopic (exact) mass is 804 g/mol. The molecule has 2 aromatic rings. The Morgan fingerprint density at radius 3 is 2.36 bits per heavy atom. The van der Waals surface area contributed by atoms with Crippen LogP contribution in [0, 0.1) is 46.8 Å². The summed E-state index contributed by atoms with van der Waals surface area (Å²) < 4.78 is 36.6. The Morgan fingerprint density at radius 2 is 1.72 bits per heavy atom. The van der Waals surface area contributed by atoms with Crippen molar-refractivity contribution in [3.8, 4) is 29.2 Å². The van der Waals surface area contributed by atoms with Gasteiger partial charge in [0.1, 0.15) is 36.2 Å². The smallest absolute Gasteiger partial charge is 0.408 e. The number of ether oxygens (including phenoxy) is 5. The van der Waals surface area contributed by atoms with Crippen molar-refractivity contribution in [1.29, 1.82) is 5.26 Å². The van der Waals surface area contributed by atoms with Gasteiger partial charge in [-0.1, -0.05) is 50.9 Å². The number of nitrogens with zero attached hydrogens (tertiary/aromatic N) is 3. The number of aliphatic hydroxyl groups is 1. The minimum Gasteiger partial charge on any atom is -0.458 e. The van der Waals surface area contributed by atoms with Crippen molar-refractivity contribution in [2.24, 2.45) is 23.7 Å². The van der Waals surface area contributed by atoms with Gasteiger partial charge in [0.2, 0.25) is 5.76 Å². The van der Waals surface area contributed by atoms with Gasteiger partial charge in [-0.3, -0.25) is 14.4 Å². The van der Waals surface area contributed by atoms with Gasteiger partial charge in [0.15, 0.2) is 17.7 Å². The molecular weight excluding hydrogens is 748 g/mol. The molecule has 0 spiro atoms. The number of hydrogen-bond acceptors (Lipinski definition) is 14. The zero-order valence-electron chi connectivity index (χ0n) is 34.9. The summed E-state index contributed by atoms with van der Waals surface area (Å²) in [5, 5.41) is 27.6. The summed E-state index contributed by atoms with van der Waals surface area (Å²) in [5.74, 6) is 0.633. The van der Waals surface area contributed by atoms with E-state index in [4.69, 9.17) is 33.5 Å². The van der Waals surface area contributed by atoms with Crippen LogP contribution in [0.5, 0.6) is 0 Å². The standard InChI is InChI=1S/C43H56N4O11/c1-11-33-43(8)37(45-41(52)57-43)25(4)34(48)23(2)21-42(7,53-18-12-13-30-20-31(46-58-30)29-16-14-28(22-44)15-17-29)38(26(5)35(49)27(6)39(51)55-33)56-40-36(50)32(47(9)10)19-24(3)54-40/h14-17,20,23-27,32-33,36-38,40,50H,11,18-19,21H2,1-10H3,(H,45,52)/t23-,24-,25+,26+,27-,32+,33-,36-,37-,38-,40+,42+,43-/m1/s1. The number of aliphatic hydroxyl groups excluding tert-OH is 1. The Bertz CT molecular complexity index is 1930. The molecule has 0 aliphatic carbocycles. The summed E-state index contributed by atoms with van der Waals surface area (Å²) in [6.07, 6.45) is -4.78. The minimum absolute atomic E-state index is 0.00897. The van der Waals surface area contributed by atoms with Crippen molar-refractivity contribution in [1.82, 2.24) is 15.4 Å². The number of ketones is 2. The Balaban J connectivity index is 1.54. The molecule has 58 heavy (non-hydrogen) atoms. The molecule has 5 rings (SSSR count). The third-order valence-electron chi connectivity index (χ3n) is 12.0. The van der Waals surface area contributed by atoms with Crippen LogP contribution in [-0.4, -0.2) is 113 Å². The third-order valence-corrected chi connectivity index (χ3v) is 12.0. The topological polar surface area (TPSA) is 200 Å². The maximum Gasteiger partial charge on any atom is 0.408 e. The van der Waals surface area contributed by atoms with Crippen molar-refractivity contribution in [3.63, 3.8) is 0 Å². The lowest BCUT2D eigenvalue weighted by molar-refractivity contribution is -0.296. The molecule has 0 bridgehead atoms. The summed E-state index contributed by atoms with van der Waals surface area (Å²) >= 11 is 0. The molecule has 1 aromatic carbocycles. The number of carbonyl (C=O) groups is 4. The molecule has 3 aliphatic heterocycles.